The summed E-state index contributed by atoms with van der Waals surface area (Å²) in [7, 11) is 0. The Kier molecular flexibility index (Phi) is 5.25. The number of carbonyl (C=O) groups excluding carboxylic acids is 1. The van der Waals surface area contributed by atoms with Crippen LogP contribution < -0.4 is 5.32 Å². The summed E-state index contributed by atoms with van der Waals surface area (Å²) >= 11 is 0. The van der Waals surface area contributed by atoms with Gasteiger partial charge in [0.15, 0.2) is 5.79 Å². The zero-order chi connectivity index (χ0) is 14.8. The molecule has 1 fully saturated rings. The summed E-state index contributed by atoms with van der Waals surface area (Å²) in [6.07, 6.45) is -5.94. The average molecular weight is 278 g/mol. The van der Waals surface area contributed by atoms with Crippen molar-refractivity contribution in [3.63, 3.8) is 0 Å². The SMILES string of the molecule is [CH2][C@]1(O)C[C@H](O)[C@@H](NC(C)=O)[C@H]([C@H](O)[C@H](O)CO)O1. The van der Waals surface area contributed by atoms with E-state index in [2.05, 4.69) is 12.2 Å². The Balaban J connectivity index is 2.93. The number of amides is 1. The van der Waals surface area contributed by atoms with Gasteiger partial charge in [-0.15, -0.1) is 0 Å². The van der Waals surface area contributed by atoms with Crippen LogP contribution in [0.2, 0.25) is 0 Å². The standard InChI is InChI=1S/C11H20NO7/c1-5(14)12-8-6(15)3-11(2,18)19-10(8)9(17)7(16)4-13/h6-10,13,15-18H,2-4H2,1H3,(H,12,14)/t6-,7+,8+,9+,10+,11+/m0/s1. The molecule has 1 aliphatic heterocycles. The molecule has 0 aromatic carbocycles. The number of ether oxygens (including phenoxy) is 1. The zero-order valence-electron chi connectivity index (χ0n) is 10.6. The molecule has 111 valence electrons. The van der Waals surface area contributed by atoms with Crippen LogP contribution in [0.25, 0.3) is 0 Å². The van der Waals surface area contributed by atoms with E-state index in [0.29, 0.717) is 0 Å². The van der Waals surface area contributed by atoms with Crippen LogP contribution in [0.15, 0.2) is 0 Å². The minimum absolute atomic E-state index is 0.267. The first-order chi connectivity index (χ1) is 8.68. The first-order valence-corrected chi connectivity index (χ1v) is 5.85. The first-order valence-electron chi connectivity index (χ1n) is 5.85. The van der Waals surface area contributed by atoms with Gasteiger partial charge in [-0.2, -0.15) is 0 Å². The van der Waals surface area contributed by atoms with Crippen molar-refractivity contribution in [2.45, 2.75) is 49.6 Å². The highest BCUT2D eigenvalue weighted by Crippen LogP contribution is 2.29. The summed E-state index contributed by atoms with van der Waals surface area (Å²) < 4.78 is 5.09. The minimum Gasteiger partial charge on any atom is -0.394 e. The van der Waals surface area contributed by atoms with Gasteiger partial charge in [0.25, 0.3) is 0 Å². The molecule has 1 amide bonds. The van der Waals surface area contributed by atoms with Crippen LogP contribution in [0.4, 0.5) is 0 Å². The lowest BCUT2D eigenvalue weighted by Gasteiger charge is -2.45. The molecule has 0 aliphatic carbocycles. The number of hydrogen-bond donors (Lipinski definition) is 6. The van der Waals surface area contributed by atoms with Crippen molar-refractivity contribution in [3.8, 4) is 0 Å². The molecule has 8 heteroatoms. The van der Waals surface area contributed by atoms with E-state index >= 15 is 0 Å². The zero-order valence-corrected chi connectivity index (χ0v) is 10.6. The highest BCUT2D eigenvalue weighted by molar-refractivity contribution is 5.73. The Morgan fingerprint density at radius 1 is 1.58 bits per heavy atom. The molecule has 6 N–H and O–H groups in total. The van der Waals surface area contributed by atoms with Crippen molar-refractivity contribution < 1.29 is 35.1 Å². The van der Waals surface area contributed by atoms with Gasteiger partial charge in [0, 0.05) is 20.3 Å². The van der Waals surface area contributed by atoms with Crippen LogP contribution in [-0.4, -0.2) is 74.3 Å². The van der Waals surface area contributed by atoms with Gasteiger partial charge < -0.3 is 35.6 Å². The fraction of sp³-hybridized carbons (Fsp3) is 0.818. The highest BCUT2D eigenvalue weighted by Gasteiger charge is 2.47. The quantitative estimate of drug-likeness (QED) is 0.320. The lowest BCUT2D eigenvalue weighted by Crippen LogP contribution is -2.65. The Labute approximate surface area is 110 Å². The number of carbonyl (C=O) groups is 1. The molecule has 0 spiro atoms. The van der Waals surface area contributed by atoms with Gasteiger partial charge >= 0.3 is 0 Å². The molecule has 0 aromatic rings. The van der Waals surface area contributed by atoms with Crippen molar-refractivity contribution >= 4 is 5.91 Å². The maximum atomic E-state index is 11.1. The topological polar surface area (TPSA) is 139 Å². The second-order valence-electron chi connectivity index (χ2n) is 4.77. The third-order valence-corrected chi connectivity index (χ3v) is 2.94. The monoisotopic (exact) mass is 278 g/mol. The summed E-state index contributed by atoms with van der Waals surface area (Å²) in [5, 5.41) is 50.0. The lowest BCUT2D eigenvalue weighted by atomic mass is 9.89. The molecule has 0 unspecified atom stereocenters. The molecule has 19 heavy (non-hydrogen) atoms. The Morgan fingerprint density at radius 3 is 2.63 bits per heavy atom. The number of aliphatic hydroxyl groups is 5. The Bertz CT molecular complexity index is 322. The second-order valence-corrected chi connectivity index (χ2v) is 4.77. The molecule has 1 heterocycles. The van der Waals surface area contributed by atoms with E-state index in [0.717, 1.165) is 0 Å². The van der Waals surface area contributed by atoms with Crippen molar-refractivity contribution in [2.75, 3.05) is 6.61 Å². The maximum Gasteiger partial charge on any atom is 0.217 e. The molecule has 0 aromatic heterocycles. The summed E-state index contributed by atoms with van der Waals surface area (Å²) in [4.78, 5) is 11.1. The fourth-order valence-corrected chi connectivity index (χ4v) is 2.07. The van der Waals surface area contributed by atoms with E-state index in [4.69, 9.17) is 9.84 Å². The Morgan fingerprint density at radius 2 is 2.16 bits per heavy atom. The molecule has 0 bridgehead atoms. The molecular formula is C11H20NO7. The third-order valence-electron chi connectivity index (χ3n) is 2.94. The molecule has 6 atom stereocenters. The van der Waals surface area contributed by atoms with Gasteiger partial charge in [0.2, 0.25) is 5.91 Å². The van der Waals surface area contributed by atoms with E-state index in [-0.39, 0.29) is 6.42 Å². The smallest absolute Gasteiger partial charge is 0.217 e. The van der Waals surface area contributed by atoms with Crippen molar-refractivity contribution in [3.05, 3.63) is 6.92 Å². The van der Waals surface area contributed by atoms with Gasteiger partial charge in [-0.05, 0) is 0 Å². The third kappa shape index (κ3) is 4.10. The molecule has 1 rings (SSSR count). The molecule has 0 saturated carbocycles. The van der Waals surface area contributed by atoms with Crippen molar-refractivity contribution in [2.24, 2.45) is 0 Å². The van der Waals surface area contributed by atoms with Crippen LogP contribution in [0.5, 0.6) is 0 Å². The van der Waals surface area contributed by atoms with Crippen LogP contribution in [-0.2, 0) is 9.53 Å². The number of aliphatic hydroxyl groups excluding tert-OH is 4. The largest absolute Gasteiger partial charge is 0.394 e. The summed E-state index contributed by atoms with van der Waals surface area (Å²) in [5.41, 5.74) is 0. The van der Waals surface area contributed by atoms with Crippen LogP contribution >= 0.6 is 0 Å². The van der Waals surface area contributed by atoms with Gasteiger partial charge in [0.05, 0.1) is 18.8 Å². The molecule has 8 nitrogen and oxygen atoms in total. The summed E-state index contributed by atoms with van der Waals surface area (Å²) in [5.74, 6) is -2.42. The predicted octanol–water partition coefficient (Wildman–Crippen LogP) is -3.12. The highest BCUT2D eigenvalue weighted by atomic mass is 16.6. The molecule has 1 saturated heterocycles. The molecule has 1 radical (unpaired) electrons. The van der Waals surface area contributed by atoms with Gasteiger partial charge in [-0.25, -0.2) is 0 Å². The van der Waals surface area contributed by atoms with Gasteiger partial charge in [-0.1, -0.05) is 0 Å². The summed E-state index contributed by atoms with van der Waals surface area (Å²) in [6, 6.07) is -1.03. The lowest BCUT2D eigenvalue weighted by molar-refractivity contribution is -0.279. The number of rotatable bonds is 4. The predicted molar refractivity (Wildman–Crippen MR) is 62.5 cm³/mol. The van der Waals surface area contributed by atoms with Crippen molar-refractivity contribution in [1.82, 2.24) is 5.32 Å². The maximum absolute atomic E-state index is 11.1. The molecular weight excluding hydrogens is 258 g/mol. The molecule has 1 aliphatic rings. The van der Waals surface area contributed by atoms with Gasteiger partial charge in [0.1, 0.15) is 18.3 Å². The Hall–Kier alpha value is -0.770. The van der Waals surface area contributed by atoms with Crippen LogP contribution in [0.3, 0.4) is 0 Å². The first kappa shape index (κ1) is 16.3. The van der Waals surface area contributed by atoms with E-state index in [1.165, 1.54) is 6.92 Å². The van der Waals surface area contributed by atoms with E-state index < -0.39 is 48.8 Å². The second kappa shape index (κ2) is 6.12. The average Bonchev–Trinajstić information content (AvgIpc) is 2.29. The van der Waals surface area contributed by atoms with E-state index in [9.17, 15) is 25.2 Å². The van der Waals surface area contributed by atoms with Crippen molar-refractivity contribution in [1.29, 1.82) is 0 Å². The number of nitrogens with one attached hydrogen (secondary N) is 1. The van der Waals surface area contributed by atoms with Crippen LogP contribution in [0.1, 0.15) is 13.3 Å². The fourth-order valence-electron chi connectivity index (χ4n) is 2.07. The number of hydrogen-bond acceptors (Lipinski definition) is 7. The minimum atomic E-state index is -1.95. The van der Waals surface area contributed by atoms with Gasteiger partial charge in [-0.3, -0.25) is 4.79 Å². The van der Waals surface area contributed by atoms with Crippen LogP contribution in [0, 0.1) is 6.92 Å². The van der Waals surface area contributed by atoms with E-state index in [1.54, 1.807) is 0 Å². The van der Waals surface area contributed by atoms with E-state index in [1.807, 2.05) is 0 Å². The summed E-state index contributed by atoms with van der Waals surface area (Å²) in [6.45, 7) is 3.79. The normalized spacial score (nSPS) is 38.6.